The number of hydrogen-bond acceptors (Lipinski definition) is 3. The minimum Gasteiger partial charge on any atom is -0.375 e. The van der Waals surface area contributed by atoms with E-state index < -0.39 is 5.79 Å². The van der Waals surface area contributed by atoms with E-state index in [4.69, 9.17) is 14.2 Å². The van der Waals surface area contributed by atoms with Gasteiger partial charge in [0.15, 0.2) is 5.79 Å². The molecule has 2 fully saturated rings. The van der Waals surface area contributed by atoms with E-state index in [0.29, 0.717) is 12.5 Å². The monoisotopic (exact) mass is 186 g/mol. The molecule has 2 rings (SSSR count). The smallest absolute Gasteiger partial charge is 0.163 e. The van der Waals surface area contributed by atoms with E-state index in [1.807, 2.05) is 13.8 Å². The van der Waals surface area contributed by atoms with Gasteiger partial charge in [-0.2, -0.15) is 0 Å². The van der Waals surface area contributed by atoms with Crippen LogP contribution in [0.25, 0.3) is 0 Å². The van der Waals surface area contributed by atoms with Gasteiger partial charge >= 0.3 is 0 Å². The molecule has 0 aromatic heterocycles. The molecule has 2 unspecified atom stereocenters. The fourth-order valence-corrected chi connectivity index (χ4v) is 2.07. The van der Waals surface area contributed by atoms with Crippen LogP contribution in [0.1, 0.15) is 27.2 Å². The van der Waals surface area contributed by atoms with Crippen molar-refractivity contribution in [3.63, 3.8) is 0 Å². The molecular weight excluding hydrogens is 168 g/mol. The Labute approximate surface area is 79.4 Å². The van der Waals surface area contributed by atoms with Gasteiger partial charge in [-0.15, -0.1) is 0 Å². The fraction of sp³-hybridized carbons (Fsp3) is 1.00. The van der Waals surface area contributed by atoms with Gasteiger partial charge in [0.2, 0.25) is 0 Å². The second-order valence-corrected chi connectivity index (χ2v) is 4.47. The number of rotatable bonds is 1. The standard InChI is InChI=1S/C10H18O3/c1-7-4-5-11-9(7)8-6-12-10(2,3)13-8/h7-9H,4-6H2,1-3H3/t7-,8?,9?/m0/s1. The summed E-state index contributed by atoms with van der Waals surface area (Å²) in [7, 11) is 0. The normalized spacial score (nSPS) is 44.1. The summed E-state index contributed by atoms with van der Waals surface area (Å²) in [6.07, 6.45) is 1.51. The summed E-state index contributed by atoms with van der Waals surface area (Å²) in [4.78, 5) is 0. The van der Waals surface area contributed by atoms with Crippen LogP contribution >= 0.6 is 0 Å². The van der Waals surface area contributed by atoms with E-state index in [1.54, 1.807) is 0 Å². The summed E-state index contributed by atoms with van der Waals surface area (Å²) in [5, 5.41) is 0. The molecule has 0 radical (unpaired) electrons. The first-order chi connectivity index (χ1) is 6.08. The van der Waals surface area contributed by atoms with Gasteiger partial charge in [-0.1, -0.05) is 6.92 Å². The third kappa shape index (κ3) is 1.87. The molecule has 0 N–H and O–H groups in total. The lowest BCUT2D eigenvalue weighted by Crippen LogP contribution is -2.33. The van der Waals surface area contributed by atoms with Crippen LogP contribution in [0.2, 0.25) is 0 Å². The molecule has 2 aliphatic rings. The minimum absolute atomic E-state index is 0.132. The molecule has 3 atom stereocenters. The molecule has 0 aliphatic carbocycles. The van der Waals surface area contributed by atoms with E-state index >= 15 is 0 Å². The quantitative estimate of drug-likeness (QED) is 0.622. The van der Waals surface area contributed by atoms with Gasteiger partial charge in [-0.05, 0) is 26.2 Å². The third-order valence-electron chi connectivity index (χ3n) is 2.84. The zero-order valence-corrected chi connectivity index (χ0v) is 8.58. The summed E-state index contributed by atoms with van der Waals surface area (Å²) >= 11 is 0. The van der Waals surface area contributed by atoms with E-state index in [1.165, 1.54) is 0 Å². The van der Waals surface area contributed by atoms with Crippen molar-refractivity contribution in [1.82, 2.24) is 0 Å². The predicted molar refractivity (Wildman–Crippen MR) is 48.4 cm³/mol. The number of hydrogen-bond donors (Lipinski definition) is 0. The zero-order valence-electron chi connectivity index (χ0n) is 8.58. The van der Waals surface area contributed by atoms with Gasteiger partial charge in [-0.3, -0.25) is 0 Å². The Morgan fingerprint density at radius 3 is 2.54 bits per heavy atom. The lowest BCUT2D eigenvalue weighted by Gasteiger charge is -2.22. The highest BCUT2D eigenvalue weighted by Gasteiger charge is 2.41. The maximum Gasteiger partial charge on any atom is 0.163 e. The Morgan fingerprint density at radius 1 is 1.31 bits per heavy atom. The van der Waals surface area contributed by atoms with Crippen LogP contribution in [0, 0.1) is 5.92 Å². The molecule has 0 aromatic carbocycles. The van der Waals surface area contributed by atoms with E-state index in [-0.39, 0.29) is 12.2 Å². The van der Waals surface area contributed by atoms with Crippen LogP contribution in [-0.4, -0.2) is 31.2 Å². The van der Waals surface area contributed by atoms with E-state index in [9.17, 15) is 0 Å². The Balaban J connectivity index is 1.95. The first kappa shape index (κ1) is 9.44. The van der Waals surface area contributed by atoms with Gasteiger partial charge in [0, 0.05) is 6.61 Å². The molecule has 0 amide bonds. The van der Waals surface area contributed by atoms with Crippen molar-refractivity contribution < 1.29 is 14.2 Å². The molecule has 2 aliphatic heterocycles. The summed E-state index contributed by atoms with van der Waals surface area (Å²) in [5.41, 5.74) is 0. The lowest BCUT2D eigenvalue weighted by molar-refractivity contribution is -0.154. The molecule has 2 heterocycles. The zero-order chi connectivity index (χ0) is 9.47. The highest BCUT2D eigenvalue weighted by atomic mass is 16.7. The van der Waals surface area contributed by atoms with Crippen molar-refractivity contribution >= 4 is 0 Å². The van der Waals surface area contributed by atoms with Crippen molar-refractivity contribution in [2.24, 2.45) is 5.92 Å². The second kappa shape index (κ2) is 3.23. The third-order valence-corrected chi connectivity index (χ3v) is 2.84. The van der Waals surface area contributed by atoms with Crippen molar-refractivity contribution in [3.8, 4) is 0 Å². The van der Waals surface area contributed by atoms with Gasteiger partial charge in [0.05, 0.1) is 12.7 Å². The molecule has 0 saturated carbocycles. The summed E-state index contributed by atoms with van der Waals surface area (Å²) in [6.45, 7) is 7.65. The highest BCUT2D eigenvalue weighted by Crippen LogP contribution is 2.31. The Bertz CT molecular complexity index is 191. The average molecular weight is 186 g/mol. The maximum atomic E-state index is 5.76. The lowest BCUT2D eigenvalue weighted by atomic mass is 10.00. The molecule has 3 heteroatoms. The molecular formula is C10H18O3. The van der Waals surface area contributed by atoms with Gasteiger partial charge in [-0.25, -0.2) is 0 Å². The molecule has 0 spiro atoms. The minimum atomic E-state index is -0.420. The SMILES string of the molecule is C[C@H]1CCOC1C1COC(C)(C)O1. The van der Waals surface area contributed by atoms with Crippen molar-refractivity contribution in [2.75, 3.05) is 13.2 Å². The Kier molecular flexibility index (Phi) is 2.34. The summed E-state index contributed by atoms with van der Waals surface area (Å²) in [6, 6.07) is 0. The van der Waals surface area contributed by atoms with Crippen LogP contribution in [0.3, 0.4) is 0 Å². The van der Waals surface area contributed by atoms with Crippen LogP contribution in [0.15, 0.2) is 0 Å². The van der Waals surface area contributed by atoms with Crippen molar-refractivity contribution in [2.45, 2.75) is 45.2 Å². The first-order valence-corrected chi connectivity index (χ1v) is 5.02. The van der Waals surface area contributed by atoms with E-state index in [2.05, 4.69) is 6.92 Å². The van der Waals surface area contributed by atoms with Crippen molar-refractivity contribution in [3.05, 3.63) is 0 Å². The van der Waals surface area contributed by atoms with Gasteiger partial charge in [0.1, 0.15) is 6.10 Å². The van der Waals surface area contributed by atoms with Crippen LogP contribution in [0.5, 0.6) is 0 Å². The van der Waals surface area contributed by atoms with Gasteiger partial charge in [0.25, 0.3) is 0 Å². The predicted octanol–water partition coefficient (Wildman–Crippen LogP) is 1.56. The van der Waals surface area contributed by atoms with E-state index in [0.717, 1.165) is 13.0 Å². The maximum absolute atomic E-state index is 5.76. The van der Waals surface area contributed by atoms with Crippen LogP contribution < -0.4 is 0 Å². The molecule has 3 nitrogen and oxygen atoms in total. The largest absolute Gasteiger partial charge is 0.375 e. The second-order valence-electron chi connectivity index (χ2n) is 4.47. The topological polar surface area (TPSA) is 27.7 Å². The molecule has 0 bridgehead atoms. The Hall–Kier alpha value is -0.120. The van der Waals surface area contributed by atoms with Crippen LogP contribution in [-0.2, 0) is 14.2 Å². The molecule has 2 saturated heterocycles. The Morgan fingerprint density at radius 2 is 2.08 bits per heavy atom. The highest BCUT2D eigenvalue weighted by molar-refractivity contribution is 4.85. The van der Waals surface area contributed by atoms with Gasteiger partial charge < -0.3 is 14.2 Å². The molecule has 76 valence electrons. The molecule has 13 heavy (non-hydrogen) atoms. The van der Waals surface area contributed by atoms with Crippen molar-refractivity contribution in [1.29, 1.82) is 0 Å². The van der Waals surface area contributed by atoms with Crippen LogP contribution in [0.4, 0.5) is 0 Å². The first-order valence-electron chi connectivity index (χ1n) is 5.02. The average Bonchev–Trinajstić information content (AvgIpc) is 2.56. The fourth-order valence-electron chi connectivity index (χ4n) is 2.07. The summed E-state index contributed by atoms with van der Waals surface area (Å²) in [5.74, 6) is 0.179. The number of ether oxygens (including phenoxy) is 3. The summed E-state index contributed by atoms with van der Waals surface area (Å²) < 4.78 is 16.9. The molecule has 0 aromatic rings.